The number of hydrogen-bond donors (Lipinski definition) is 0. The summed E-state index contributed by atoms with van der Waals surface area (Å²) < 4.78 is 11.7. The number of nitrogens with zero attached hydrogens (tertiary/aromatic N) is 1. The van der Waals surface area contributed by atoms with E-state index in [1.807, 2.05) is 50.2 Å². The Kier molecular flexibility index (Phi) is 3.80. The Morgan fingerprint density at radius 2 is 1.90 bits per heavy atom. The highest BCUT2D eigenvalue weighted by Gasteiger charge is 2.15. The van der Waals surface area contributed by atoms with E-state index in [0.29, 0.717) is 5.89 Å². The van der Waals surface area contributed by atoms with Crippen LogP contribution in [0.15, 0.2) is 52.9 Å². The minimum absolute atomic E-state index is 0.0503. The Hall–Kier alpha value is -2.07. The highest BCUT2D eigenvalue weighted by atomic mass is 16.4. The van der Waals surface area contributed by atoms with Crippen molar-refractivity contribution in [2.45, 2.75) is 26.8 Å². The van der Waals surface area contributed by atoms with E-state index in [0.717, 1.165) is 22.1 Å². The summed E-state index contributed by atoms with van der Waals surface area (Å²) in [5.74, 6) is 0.648. The number of hydrogen-bond acceptors (Lipinski definition) is 3. The van der Waals surface area contributed by atoms with Crippen LogP contribution in [-0.4, -0.2) is 18.0 Å². The van der Waals surface area contributed by atoms with Gasteiger partial charge in [-0.3, -0.25) is 0 Å². The molecule has 1 heterocycles. The second-order valence-corrected chi connectivity index (χ2v) is 5.44. The maximum Gasteiger partial charge on any atom is 0.323 e. The van der Waals surface area contributed by atoms with Crippen LogP contribution >= 0.6 is 0 Å². The van der Waals surface area contributed by atoms with Crippen LogP contribution in [0.2, 0.25) is 6.82 Å². The van der Waals surface area contributed by atoms with E-state index in [2.05, 4.69) is 23.9 Å². The molecule has 0 spiro atoms. The van der Waals surface area contributed by atoms with Gasteiger partial charge in [0.1, 0.15) is 5.52 Å². The van der Waals surface area contributed by atoms with Crippen LogP contribution in [0, 0.1) is 0 Å². The molecule has 0 saturated heterocycles. The van der Waals surface area contributed by atoms with E-state index >= 15 is 0 Å². The van der Waals surface area contributed by atoms with Crippen LogP contribution in [0.3, 0.4) is 0 Å². The largest absolute Gasteiger partial charge is 0.436 e. The van der Waals surface area contributed by atoms with Gasteiger partial charge in [0.25, 0.3) is 0 Å². The molecule has 0 N–H and O–H groups in total. The monoisotopic (exact) mass is 279 g/mol. The van der Waals surface area contributed by atoms with Crippen molar-refractivity contribution in [3.8, 4) is 11.5 Å². The van der Waals surface area contributed by atoms with Gasteiger partial charge in [-0.2, -0.15) is 0 Å². The number of oxazole rings is 1. The summed E-state index contributed by atoms with van der Waals surface area (Å²) in [5, 5.41) is 0. The lowest BCUT2D eigenvalue weighted by Crippen LogP contribution is -2.32. The molecule has 3 aromatic rings. The molecule has 4 heteroatoms. The zero-order chi connectivity index (χ0) is 14.8. The van der Waals surface area contributed by atoms with Gasteiger partial charge < -0.3 is 9.07 Å². The number of para-hydroxylation sites is 2. The van der Waals surface area contributed by atoms with E-state index < -0.39 is 0 Å². The molecular weight excluding hydrogens is 261 g/mol. The molecule has 0 amide bonds. The average molecular weight is 279 g/mol. The molecule has 21 heavy (non-hydrogen) atoms. The Morgan fingerprint density at radius 1 is 1.10 bits per heavy atom. The van der Waals surface area contributed by atoms with Gasteiger partial charge in [-0.15, -0.1) is 0 Å². The molecule has 1 aromatic heterocycles. The van der Waals surface area contributed by atoms with E-state index in [1.165, 1.54) is 0 Å². The average Bonchev–Trinajstić information content (AvgIpc) is 2.90. The molecule has 0 unspecified atom stereocenters. The summed E-state index contributed by atoms with van der Waals surface area (Å²) in [7, 11) is 0. The van der Waals surface area contributed by atoms with Crippen molar-refractivity contribution in [3.63, 3.8) is 0 Å². The van der Waals surface area contributed by atoms with E-state index in [9.17, 15) is 0 Å². The normalized spacial score (nSPS) is 11.2. The first kappa shape index (κ1) is 13.9. The topological polar surface area (TPSA) is 35.3 Å². The van der Waals surface area contributed by atoms with Gasteiger partial charge >= 0.3 is 6.92 Å². The van der Waals surface area contributed by atoms with Crippen LogP contribution < -0.4 is 5.46 Å². The Morgan fingerprint density at radius 3 is 2.67 bits per heavy atom. The lowest BCUT2D eigenvalue weighted by Gasteiger charge is -2.13. The minimum atomic E-state index is 0.0503. The zero-order valence-electron chi connectivity index (χ0n) is 12.5. The van der Waals surface area contributed by atoms with Crippen molar-refractivity contribution < 1.29 is 9.07 Å². The summed E-state index contributed by atoms with van der Waals surface area (Å²) in [6, 6.07) is 16.0. The van der Waals surface area contributed by atoms with Gasteiger partial charge in [0.2, 0.25) is 5.89 Å². The molecular formula is C17H18BNO2. The van der Waals surface area contributed by atoms with Crippen LogP contribution in [0.4, 0.5) is 0 Å². The molecule has 0 aliphatic heterocycles. The molecule has 106 valence electrons. The second-order valence-electron chi connectivity index (χ2n) is 5.44. The third kappa shape index (κ3) is 3.00. The fourth-order valence-corrected chi connectivity index (χ4v) is 2.41. The third-order valence-corrected chi connectivity index (χ3v) is 3.37. The number of benzene rings is 2. The predicted molar refractivity (Wildman–Crippen MR) is 86.9 cm³/mol. The van der Waals surface area contributed by atoms with Crippen molar-refractivity contribution in [2.24, 2.45) is 0 Å². The Bertz CT molecular complexity index is 718. The van der Waals surface area contributed by atoms with Crippen molar-refractivity contribution in [1.29, 1.82) is 0 Å². The van der Waals surface area contributed by atoms with Gasteiger partial charge in [0.05, 0.1) is 0 Å². The first-order chi connectivity index (χ1) is 10.1. The molecule has 0 saturated carbocycles. The van der Waals surface area contributed by atoms with Crippen molar-refractivity contribution in [3.05, 3.63) is 48.5 Å². The molecule has 0 aliphatic rings. The molecule has 0 atom stereocenters. The van der Waals surface area contributed by atoms with Gasteiger partial charge in [0.15, 0.2) is 5.58 Å². The zero-order valence-corrected chi connectivity index (χ0v) is 12.5. The van der Waals surface area contributed by atoms with Crippen LogP contribution in [0.25, 0.3) is 22.6 Å². The van der Waals surface area contributed by atoms with Crippen molar-refractivity contribution in [1.82, 2.24) is 4.98 Å². The van der Waals surface area contributed by atoms with E-state index in [1.54, 1.807) is 0 Å². The molecule has 0 fully saturated rings. The second kappa shape index (κ2) is 5.74. The Labute approximate surface area is 125 Å². The smallest absolute Gasteiger partial charge is 0.323 e. The summed E-state index contributed by atoms with van der Waals surface area (Å²) in [4.78, 5) is 4.54. The number of fused-ring (bicyclic) bond motifs is 1. The summed E-state index contributed by atoms with van der Waals surface area (Å²) in [5.41, 5.74) is 3.79. The van der Waals surface area contributed by atoms with Gasteiger partial charge in [-0.25, -0.2) is 4.98 Å². The SMILES string of the molecule is CB(OC(C)C)c1cccc(-c2nc3ccccc3o2)c1. The molecule has 0 aliphatic carbocycles. The lowest BCUT2D eigenvalue weighted by atomic mass is 9.63. The van der Waals surface area contributed by atoms with Crippen LogP contribution in [0.5, 0.6) is 0 Å². The van der Waals surface area contributed by atoms with Crippen molar-refractivity contribution in [2.75, 3.05) is 0 Å². The highest BCUT2D eigenvalue weighted by molar-refractivity contribution is 6.66. The van der Waals surface area contributed by atoms with Gasteiger partial charge in [0, 0.05) is 11.7 Å². The predicted octanol–water partition coefficient (Wildman–Crippen LogP) is 3.75. The minimum Gasteiger partial charge on any atom is -0.436 e. The molecule has 3 rings (SSSR count). The molecule has 0 radical (unpaired) electrons. The van der Waals surface area contributed by atoms with Crippen LogP contribution in [-0.2, 0) is 4.65 Å². The lowest BCUT2D eigenvalue weighted by molar-refractivity contribution is 0.250. The number of rotatable bonds is 4. The van der Waals surface area contributed by atoms with Crippen molar-refractivity contribution >= 4 is 23.5 Å². The standard InChI is InChI=1S/C17H18BNO2/c1-12(2)21-18(3)14-8-6-7-13(11-14)17-19-15-9-4-5-10-16(15)20-17/h4-12H,1-3H3. The van der Waals surface area contributed by atoms with Gasteiger partial charge in [-0.1, -0.05) is 37.2 Å². The molecule has 3 nitrogen and oxygen atoms in total. The molecule has 2 aromatic carbocycles. The highest BCUT2D eigenvalue weighted by Crippen LogP contribution is 2.23. The van der Waals surface area contributed by atoms with E-state index in [4.69, 9.17) is 9.07 Å². The fraction of sp³-hybridized carbons (Fsp3) is 0.235. The molecule has 0 bridgehead atoms. The van der Waals surface area contributed by atoms with Gasteiger partial charge in [-0.05, 0) is 37.5 Å². The Balaban J connectivity index is 1.95. The first-order valence-corrected chi connectivity index (χ1v) is 7.25. The summed E-state index contributed by atoms with van der Waals surface area (Å²) in [6.45, 7) is 6.20. The van der Waals surface area contributed by atoms with Crippen LogP contribution in [0.1, 0.15) is 13.8 Å². The summed E-state index contributed by atoms with van der Waals surface area (Å²) in [6.07, 6.45) is 0.202. The maximum atomic E-state index is 5.83. The quantitative estimate of drug-likeness (QED) is 0.682. The van der Waals surface area contributed by atoms with E-state index in [-0.39, 0.29) is 13.0 Å². The fourth-order valence-electron chi connectivity index (χ4n) is 2.41. The third-order valence-electron chi connectivity index (χ3n) is 3.37. The number of aromatic nitrogens is 1. The maximum absolute atomic E-state index is 5.83. The first-order valence-electron chi connectivity index (χ1n) is 7.25. The summed E-state index contributed by atoms with van der Waals surface area (Å²) >= 11 is 0.